The van der Waals surface area contributed by atoms with Crippen LogP contribution in [0.25, 0.3) is 0 Å². The monoisotopic (exact) mass is 382 g/mol. The molecule has 3 heterocycles. The zero-order valence-electron chi connectivity index (χ0n) is 14.2. The number of sulfonamides is 1. The molecule has 0 bridgehead atoms. The SMILES string of the molecule is Cn1cc(S(=O)(=O)N2CCN(c3nc(C4CC4)c(F)c(=O)[nH]3)CC2)cn1. The maximum atomic E-state index is 13.9. The van der Waals surface area contributed by atoms with Crippen LogP contribution in [0.4, 0.5) is 10.3 Å². The fourth-order valence-electron chi connectivity index (χ4n) is 3.06. The molecule has 2 aromatic heterocycles. The Labute approximate surface area is 149 Å². The third-order valence-corrected chi connectivity index (χ3v) is 6.55. The average molecular weight is 382 g/mol. The molecule has 11 heteroatoms. The van der Waals surface area contributed by atoms with Gasteiger partial charge in [0.2, 0.25) is 21.8 Å². The topological polar surface area (TPSA) is 104 Å². The lowest BCUT2D eigenvalue weighted by atomic mass is 10.2. The quantitative estimate of drug-likeness (QED) is 0.800. The predicted octanol–water partition coefficient (Wildman–Crippen LogP) is 0.0308. The van der Waals surface area contributed by atoms with Gasteiger partial charge in [-0.25, -0.2) is 13.4 Å². The predicted molar refractivity (Wildman–Crippen MR) is 91.0 cm³/mol. The first-order valence-electron chi connectivity index (χ1n) is 8.40. The summed E-state index contributed by atoms with van der Waals surface area (Å²) in [6, 6.07) is 0. The second kappa shape index (κ2) is 6.16. The van der Waals surface area contributed by atoms with E-state index in [9.17, 15) is 17.6 Å². The van der Waals surface area contributed by atoms with Gasteiger partial charge in [-0.05, 0) is 12.8 Å². The van der Waals surface area contributed by atoms with Gasteiger partial charge in [0.1, 0.15) is 4.90 Å². The first-order chi connectivity index (χ1) is 12.4. The molecule has 0 atom stereocenters. The lowest BCUT2D eigenvalue weighted by Crippen LogP contribution is -2.49. The van der Waals surface area contributed by atoms with Crippen LogP contribution >= 0.6 is 0 Å². The van der Waals surface area contributed by atoms with Crippen LogP contribution < -0.4 is 10.5 Å². The van der Waals surface area contributed by atoms with Gasteiger partial charge in [-0.15, -0.1) is 0 Å². The zero-order valence-corrected chi connectivity index (χ0v) is 15.0. The summed E-state index contributed by atoms with van der Waals surface area (Å²) in [5.74, 6) is -0.492. The highest BCUT2D eigenvalue weighted by Crippen LogP contribution is 2.39. The third kappa shape index (κ3) is 3.01. The van der Waals surface area contributed by atoms with E-state index in [4.69, 9.17) is 0 Å². The van der Waals surface area contributed by atoms with Crippen molar-refractivity contribution in [1.29, 1.82) is 0 Å². The van der Waals surface area contributed by atoms with Gasteiger partial charge in [-0.1, -0.05) is 0 Å². The molecule has 4 rings (SSSR count). The third-order valence-electron chi connectivity index (χ3n) is 4.70. The van der Waals surface area contributed by atoms with Crippen molar-refractivity contribution >= 4 is 16.0 Å². The minimum atomic E-state index is -3.60. The number of H-pyrrole nitrogens is 1. The van der Waals surface area contributed by atoms with Crippen LogP contribution in [0, 0.1) is 5.82 Å². The van der Waals surface area contributed by atoms with Crippen LogP contribution in [0.15, 0.2) is 22.1 Å². The van der Waals surface area contributed by atoms with E-state index in [2.05, 4.69) is 15.1 Å². The van der Waals surface area contributed by atoms with Gasteiger partial charge in [0, 0.05) is 45.3 Å². The fraction of sp³-hybridized carbons (Fsp3) is 0.533. The molecule has 140 valence electrons. The van der Waals surface area contributed by atoms with Gasteiger partial charge in [0.15, 0.2) is 0 Å². The summed E-state index contributed by atoms with van der Waals surface area (Å²) in [4.78, 5) is 20.5. The summed E-state index contributed by atoms with van der Waals surface area (Å²) in [5, 5.41) is 3.91. The summed E-state index contributed by atoms with van der Waals surface area (Å²) < 4.78 is 42.0. The van der Waals surface area contributed by atoms with Crippen LogP contribution in [0.2, 0.25) is 0 Å². The number of aromatic nitrogens is 4. The van der Waals surface area contributed by atoms with E-state index in [0.717, 1.165) is 12.8 Å². The highest BCUT2D eigenvalue weighted by atomic mass is 32.2. The van der Waals surface area contributed by atoms with Crippen molar-refractivity contribution in [2.24, 2.45) is 7.05 Å². The highest BCUT2D eigenvalue weighted by molar-refractivity contribution is 7.89. The van der Waals surface area contributed by atoms with Gasteiger partial charge in [0.25, 0.3) is 5.56 Å². The van der Waals surface area contributed by atoms with Gasteiger partial charge >= 0.3 is 0 Å². The molecule has 0 amide bonds. The van der Waals surface area contributed by atoms with Crippen molar-refractivity contribution in [2.45, 2.75) is 23.7 Å². The first-order valence-corrected chi connectivity index (χ1v) is 9.84. The number of hydrogen-bond acceptors (Lipinski definition) is 6. The number of nitrogens with zero attached hydrogens (tertiary/aromatic N) is 5. The Morgan fingerprint density at radius 1 is 1.23 bits per heavy atom. The Morgan fingerprint density at radius 2 is 1.92 bits per heavy atom. The van der Waals surface area contributed by atoms with E-state index in [-0.39, 0.29) is 29.6 Å². The van der Waals surface area contributed by atoms with Crippen LogP contribution in [-0.2, 0) is 17.1 Å². The van der Waals surface area contributed by atoms with Crippen LogP contribution in [0.5, 0.6) is 0 Å². The molecular weight excluding hydrogens is 363 g/mol. The van der Waals surface area contributed by atoms with Crippen molar-refractivity contribution in [3.05, 3.63) is 34.3 Å². The summed E-state index contributed by atoms with van der Waals surface area (Å²) in [6.45, 7) is 1.21. The van der Waals surface area contributed by atoms with E-state index < -0.39 is 21.4 Å². The molecule has 0 unspecified atom stereocenters. The van der Waals surface area contributed by atoms with Crippen molar-refractivity contribution < 1.29 is 12.8 Å². The summed E-state index contributed by atoms with van der Waals surface area (Å²) in [7, 11) is -1.94. The van der Waals surface area contributed by atoms with Crippen LogP contribution in [0.1, 0.15) is 24.5 Å². The first kappa shape index (κ1) is 17.2. The number of rotatable bonds is 4. The molecule has 0 aromatic carbocycles. The number of anilines is 1. The molecule has 9 nitrogen and oxygen atoms in total. The second-order valence-corrected chi connectivity index (χ2v) is 8.54. The van der Waals surface area contributed by atoms with E-state index >= 15 is 0 Å². The maximum absolute atomic E-state index is 13.9. The Hall–Kier alpha value is -2.27. The molecule has 26 heavy (non-hydrogen) atoms. The van der Waals surface area contributed by atoms with E-state index in [1.165, 1.54) is 21.4 Å². The minimum absolute atomic E-state index is 0.0169. The lowest BCUT2D eigenvalue weighted by Gasteiger charge is -2.34. The molecular formula is C15H19FN6O3S. The van der Waals surface area contributed by atoms with Crippen LogP contribution in [-0.4, -0.2) is 58.7 Å². The molecule has 2 aromatic rings. The van der Waals surface area contributed by atoms with Gasteiger partial charge in [0.05, 0.1) is 11.9 Å². The number of halogens is 1. The Bertz CT molecular complexity index is 989. The lowest BCUT2D eigenvalue weighted by molar-refractivity contribution is 0.382. The van der Waals surface area contributed by atoms with Gasteiger partial charge < -0.3 is 4.90 Å². The minimum Gasteiger partial charge on any atom is -0.340 e. The van der Waals surface area contributed by atoms with Gasteiger partial charge in [-0.3, -0.25) is 14.5 Å². The summed E-state index contributed by atoms with van der Waals surface area (Å²) in [5.41, 5.74) is -0.559. The highest BCUT2D eigenvalue weighted by Gasteiger charge is 2.33. The molecule has 0 radical (unpaired) electrons. The number of nitrogens with one attached hydrogen (secondary N) is 1. The number of piperazine rings is 1. The molecule has 2 fully saturated rings. The van der Waals surface area contributed by atoms with Crippen LogP contribution in [0.3, 0.4) is 0 Å². The molecule has 1 N–H and O–H groups in total. The van der Waals surface area contributed by atoms with Crippen molar-refractivity contribution in [3.8, 4) is 0 Å². The summed E-state index contributed by atoms with van der Waals surface area (Å²) in [6.07, 6.45) is 4.46. The van der Waals surface area contributed by atoms with Crippen molar-refractivity contribution in [3.63, 3.8) is 0 Å². The largest absolute Gasteiger partial charge is 0.340 e. The smallest absolute Gasteiger partial charge is 0.288 e. The van der Waals surface area contributed by atoms with Gasteiger partial charge in [-0.2, -0.15) is 13.8 Å². The van der Waals surface area contributed by atoms with E-state index in [1.54, 1.807) is 11.9 Å². The number of hydrogen-bond donors (Lipinski definition) is 1. The van der Waals surface area contributed by atoms with Crippen molar-refractivity contribution in [1.82, 2.24) is 24.1 Å². The Balaban J connectivity index is 1.51. The van der Waals surface area contributed by atoms with E-state index in [1.807, 2.05) is 0 Å². The second-order valence-electron chi connectivity index (χ2n) is 6.60. The van der Waals surface area contributed by atoms with Crippen molar-refractivity contribution in [2.75, 3.05) is 31.1 Å². The fourth-order valence-corrected chi connectivity index (χ4v) is 4.47. The zero-order chi connectivity index (χ0) is 18.5. The molecule has 1 saturated heterocycles. The molecule has 1 aliphatic carbocycles. The Morgan fingerprint density at radius 3 is 2.50 bits per heavy atom. The Kier molecular flexibility index (Phi) is 4.07. The molecule has 0 spiro atoms. The maximum Gasteiger partial charge on any atom is 0.288 e. The van der Waals surface area contributed by atoms with E-state index in [0.29, 0.717) is 19.0 Å². The number of aryl methyl sites for hydroxylation is 1. The molecule has 1 saturated carbocycles. The average Bonchev–Trinajstić information content (AvgIpc) is 3.37. The number of aromatic amines is 1. The molecule has 1 aliphatic heterocycles. The normalized spacial score (nSPS) is 19.1. The summed E-state index contributed by atoms with van der Waals surface area (Å²) >= 11 is 0. The molecule has 2 aliphatic rings. The standard InChI is InChI=1S/C15H19FN6O3S/c1-20-9-11(8-17-20)26(24,25)22-6-4-21(5-7-22)15-18-13(10-2-3-10)12(16)14(23)19-15/h8-10H,2-7H2,1H3,(H,18,19,23).